The maximum absolute atomic E-state index is 14.2. The monoisotopic (exact) mass is 479 g/mol. The van der Waals surface area contributed by atoms with Crippen LogP contribution in [-0.2, 0) is 16.6 Å². The van der Waals surface area contributed by atoms with Crippen LogP contribution in [0.5, 0.6) is 5.75 Å². The number of aromatic hydroxyl groups is 1. The minimum absolute atomic E-state index is 0.0493. The molecule has 0 bridgehead atoms. The summed E-state index contributed by atoms with van der Waals surface area (Å²) in [5.41, 5.74) is 8.87. The first-order valence-corrected chi connectivity index (χ1v) is 11.4. The molecule has 0 saturated heterocycles. The first-order valence-electron chi connectivity index (χ1n) is 11.4. The maximum atomic E-state index is 14.2. The number of phenolic OH excluding ortho intramolecular Hbond substituents is 1. The molecular formula is C28H31F2N3O2. The molecule has 0 aliphatic carbocycles. The number of halogens is 2. The number of allylic oxidation sites excluding steroid dienone is 2. The van der Waals surface area contributed by atoms with Crippen LogP contribution in [0.4, 0.5) is 14.5 Å². The quantitative estimate of drug-likeness (QED) is 0.243. The van der Waals surface area contributed by atoms with Gasteiger partial charge in [-0.2, -0.15) is 0 Å². The molecule has 0 saturated carbocycles. The minimum atomic E-state index is -0.577. The number of ether oxygens (including phenoxy) is 1. The van der Waals surface area contributed by atoms with Gasteiger partial charge in [-0.15, -0.1) is 0 Å². The van der Waals surface area contributed by atoms with Crippen molar-refractivity contribution in [2.45, 2.75) is 32.6 Å². The van der Waals surface area contributed by atoms with Crippen LogP contribution in [0.2, 0.25) is 0 Å². The molecule has 0 aromatic heterocycles. The largest absolute Gasteiger partial charge is 0.508 e. The second kappa shape index (κ2) is 11.1. The first-order chi connectivity index (χ1) is 16.7. The van der Waals surface area contributed by atoms with Crippen molar-refractivity contribution in [3.8, 4) is 5.75 Å². The molecule has 35 heavy (non-hydrogen) atoms. The van der Waals surface area contributed by atoms with Crippen LogP contribution < -0.4 is 10.6 Å². The van der Waals surface area contributed by atoms with Crippen LogP contribution >= 0.6 is 0 Å². The second-order valence-corrected chi connectivity index (χ2v) is 8.37. The van der Waals surface area contributed by atoms with E-state index in [1.165, 1.54) is 12.1 Å². The highest BCUT2D eigenvalue weighted by Crippen LogP contribution is 2.50. The topological polar surface area (TPSA) is 82.6 Å². The maximum Gasteiger partial charge on any atom is 0.214 e. The smallest absolute Gasteiger partial charge is 0.214 e. The number of nitrogens with zero attached hydrogens (tertiary/aromatic N) is 1. The third-order valence-electron chi connectivity index (χ3n) is 6.13. The van der Waals surface area contributed by atoms with E-state index >= 15 is 0 Å². The minimum Gasteiger partial charge on any atom is -0.508 e. The first kappa shape index (κ1) is 25.9. The zero-order valence-electron chi connectivity index (χ0n) is 20.2. The van der Waals surface area contributed by atoms with E-state index in [-0.39, 0.29) is 18.4 Å². The Balaban J connectivity index is 0.000000261. The van der Waals surface area contributed by atoms with Crippen molar-refractivity contribution in [3.63, 3.8) is 0 Å². The lowest BCUT2D eigenvalue weighted by Gasteiger charge is -2.30. The Morgan fingerprint density at radius 3 is 2.43 bits per heavy atom. The van der Waals surface area contributed by atoms with Gasteiger partial charge in [0, 0.05) is 35.0 Å². The lowest BCUT2D eigenvalue weighted by atomic mass is 9.76. The summed E-state index contributed by atoms with van der Waals surface area (Å²) >= 11 is 0. The van der Waals surface area contributed by atoms with Gasteiger partial charge in [-0.1, -0.05) is 30.3 Å². The molecule has 0 fully saturated rings. The van der Waals surface area contributed by atoms with Gasteiger partial charge in [0.25, 0.3) is 0 Å². The summed E-state index contributed by atoms with van der Waals surface area (Å²) in [6.45, 7) is 6.89. The van der Waals surface area contributed by atoms with E-state index in [4.69, 9.17) is 15.9 Å². The van der Waals surface area contributed by atoms with Gasteiger partial charge in [-0.3, -0.25) is 11.1 Å². The van der Waals surface area contributed by atoms with Crippen molar-refractivity contribution < 1.29 is 18.6 Å². The van der Waals surface area contributed by atoms with Gasteiger partial charge >= 0.3 is 0 Å². The van der Waals surface area contributed by atoms with Gasteiger partial charge < -0.3 is 14.7 Å². The second-order valence-electron chi connectivity index (χ2n) is 8.37. The fourth-order valence-electron chi connectivity index (χ4n) is 4.57. The number of benzene rings is 3. The molecule has 184 valence electrons. The molecule has 1 unspecified atom stereocenters. The van der Waals surface area contributed by atoms with Crippen molar-refractivity contribution >= 4 is 11.6 Å². The van der Waals surface area contributed by atoms with Crippen LogP contribution in [0.1, 0.15) is 37.5 Å². The van der Waals surface area contributed by atoms with E-state index in [1.54, 1.807) is 24.3 Å². The van der Waals surface area contributed by atoms with E-state index in [2.05, 4.69) is 11.8 Å². The molecule has 3 aromatic rings. The molecule has 0 amide bonds. The van der Waals surface area contributed by atoms with Crippen LogP contribution in [-0.4, -0.2) is 24.3 Å². The Bertz CT molecular complexity index is 1210. The molecule has 3 aromatic carbocycles. The number of phenols is 1. The average Bonchev–Trinajstić information content (AvgIpc) is 3.08. The molecule has 1 aliphatic heterocycles. The molecule has 1 atom stereocenters. The van der Waals surface area contributed by atoms with Crippen molar-refractivity contribution in [1.29, 1.82) is 5.41 Å². The number of fused-ring (bicyclic) bond motifs is 1. The normalized spacial score (nSPS) is 17.5. The SMILES string of the molecule is C/C=C1\N(CC)c2ccc(O)cc2C1(C)Cc1ccc(F)cc1F.N=C(OCN)c1ccccc1. The van der Waals surface area contributed by atoms with Gasteiger partial charge in [0.1, 0.15) is 24.1 Å². The number of rotatable bonds is 5. The standard InChI is InChI=1S/C20H21F2NO.C8H10N2O/c1-4-19-20(3,12-13-6-7-14(21)10-17(13)22)16-11-15(24)8-9-18(16)23(19)5-2;9-6-11-8(10)7-4-2-1-3-5-7/h4,6-11,24H,5,12H2,1-3H3;1-5,10H,6,9H2/b19-4-;. The Kier molecular flexibility index (Phi) is 8.25. The van der Waals surface area contributed by atoms with Gasteiger partial charge in [0.15, 0.2) is 0 Å². The molecule has 0 radical (unpaired) electrons. The van der Waals surface area contributed by atoms with E-state index in [0.717, 1.165) is 35.1 Å². The lowest BCUT2D eigenvalue weighted by Crippen LogP contribution is -2.30. The van der Waals surface area contributed by atoms with Gasteiger partial charge in [0.2, 0.25) is 5.90 Å². The molecule has 1 aliphatic rings. The van der Waals surface area contributed by atoms with Crippen LogP contribution in [0.25, 0.3) is 0 Å². The molecule has 7 heteroatoms. The van der Waals surface area contributed by atoms with Gasteiger partial charge in [-0.25, -0.2) is 8.78 Å². The Labute approximate surface area is 205 Å². The Morgan fingerprint density at radius 1 is 1.11 bits per heavy atom. The molecule has 5 nitrogen and oxygen atoms in total. The van der Waals surface area contributed by atoms with E-state index < -0.39 is 17.0 Å². The molecule has 0 spiro atoms. The summed E-state index contributed by atoms with van der Waals surface area (Å²) in [6.07, 6.45) is 2.42. The fraction of sp³-hybridized carbons (Fsp3) is 0.250. The van der Waals surface area contributed by atoms with Crippen LogP contribution in [0.15, 0.2) is 78.5 Å². The average molecular weight is 480 g/mol. The summed E-state index contributed by atoms with van der Waals surface area (Å²) in [5, 5.41) is 17.3. The van der Waals surface area contributed by atoms with Crippen molar-refractivity contribution in [3.05, 3.63) is 107 Å². The summed E-state index contributed by atoms with van der Waals surface area (Å²) in [5.74, 6) is -0.809. The summed E-state index contributed by atoms with van der Waals surface area (Å²) < 4.78 is 32.2. The third-order valence-corrected chi connectivity index (χ3v) is 6.13. The third kappa shape index (κ3) is 5.52. The van der Waals surface area contributed by atoms with Crippen LogP contribution in [0.3, 0.4) is 0 Å². The van der Waals surface area contributed by atoms with Crippen molar-refractivity contribution in [2.24, 2.45) is 5.73 Å². The highest BCUT2D eigenvalue weighted by Gasteiger charge is 2.43. The lowest BCUT2D eigenvalue weighted by molar-refractivity contribution is 0.315. The van der Waals surface area contributed by atoms with Crippen molar-refractivity contribution in [2.75, 3.05) is 18.2 Å². The summed E-state index contributed by atoms with van der Waals surface area (Å²) in [6, 6.07) is 18.2. The number of nitrogens with two attached hydrogens (primary N) is 1. The molecular weight excluding hydrogens is 448 g/mol. The van der Waals surface area contributed by atoms with E-state index in [1.807, 2.05) is 44.2 Å². The fourth-order valence-corrected chi connectivity index (χ4v) is 4.57. The van der Waals surface area contributed by atoms with E-state index in [0.29, 0.717) is 12.0 Å². The Morgan fingerprint density at radius 2 is 1.83 bits per heavy atom. The highest BCUT2D eigenvalue weighted by molar-refractivity contribution is 5.91. The molecule has 4 N–H and O–H groups in total. The summed E-state index contributed by atoms with van der Waals surface area (Å²) in [4.78, 5) is 2.18. The molecule has 4 rings (SSSR count). The number of hydrogen-bond acceptors (Lipinski definition) is 5. The zero-order chi connectivity index (χ0) is 25.6. The highest BCUT2D eigenvalue weighted by atomic mass is 19.1. The van der Waals surface area contributed by atoms with Gasteiger partial charge in [0.05, 0.1) is 0 Å². The van der Waals surface area contributed by atoms with E-state index in [9.17, 15) is 13.9 Å². The summed E-state index contributed by atoms with van der Waals surface area (Å²) in [7, 11) is 0. The molecule has 1 heterocycles. The predicted molar refractivity (Wildman–Crippen MR) is 136 cm³/mol. The number of likely N-dealkylation sites (N-methyl/N-ethyl adjacent to an activating group) is 1. The Hall–Kier alpha value is -3.71. The zero-order valence-corrected chi connectivity index (χ0v) is 20.2. The number of anilines is 1. The number of hydrogen-bond donors (Lipinski definition) is 3. The predicted octanol–water partition coefficient (Wildman–Crippen LogP) is 5.86. The van der Waals surface area contributed by atoms with Gasteiger partial charge in [-0.05, 0) is 74.7 Å². The van der Waals surface area contributed by atoms with Crippen LogP contribution in [0, 0.1) is 17.0 Å². The van der Waals surface area contributed by atoms with Crippen molar-refractivity contribution in [1.82, 2.24) is 0 Å². The number of nitrogens with one attached hydrogen (secondary N) is 1.